The van der Waals surface area contributed by atoms with Crippen LogP contribution in [0, 0.1) is 21.4 Å². The van der Waals surface area contributed by atoms with Gasteiger partial charge in [-0.3, -0.25) is 24.6 Å². The van der Waals surface area contributed by atoms with Crippen molar-refractivity contribution >= 4 is 28.8 Å². The van der Waals surface area contributed by atoms with E-state index in [1.807, 2.05) is 6.07 Å². The lowest BCUT2D eigenvalue weighted by atomic mass is 9.95. The molecule has 3 aromatic rings. The smallest absolute Gasteiger partial charge is 0.300 e. The summed E-state index contributed by atoms with van der Waals surface area (Å²) in [4.78, 5) is 37.6. The van der Waals surface area contributed by atoms with Gasteiger partial charge in [-0.15, -0.1) is 0 Å². The summed E-state index contributed by atoms with van der Waals surface area (Å²) in [7, 11) is 0. The number of aromatic hydroxyl groups is 1. The third-order valence-corrected chi connectivity index (χ3v) is 5.28. The Hall–Kier alpha value is -4.97. The molecular weight excluding hydrogens is 426 g/mol. The third-order valence-electron chi connectivity index (χ3n) is 5.28. The lowest BCUT2D eigenvalue weighted by molar-refractivity contribution is -0.384. The fraction of sp³-hybridized carbons (Fsp3) is 0.0417. The van der Waals surface area contributed by atoms with E-state index in [0.29, 0.717) is 16.8 Å². The van der Waals surface area contributed by atoms with E-state index in [9.17, 15) is 29.9 Å². The first-order valence-electron chi connectivity index (χ1n) is 9.66. The summed E-state index contributed by atoms with van der Waals surface area (Å²) in [5, 5.41) is 40.6. The second-order valence-electron chi connectivity index (χ2n) is 7.22. The highest BCUT2D eigenvalue weighted by molar-refractivity contribution is 6.51. The molecule has 1 atom stereocenters. The number of hydrogen-bond donors (Lipinski definition) is 2. The van der Waals surface area contributed by atoms with Gasteiger partial charge < -0.3 is 10.2 Å². The number of anilines is 1. The molecule has 1 fully saturated rings. The molecule has 1 aliphatic rings. The topological polar surface area (TPSA) is 145 Å². The van der Waals surface area contributed by atoms with E-state index in [1.54, 1.807) is 0 Å². The van der Waals surface area contributed by atoms with Gasteiger partial charge in [0.2, 0.25) is 0 Å². The maximum absolute atomic E-state index is 13.0. The fourth-order valence-corrected chi connectivity index (χ4v) is 3.66. The molecule has 1 amide bonds. The molecule has 1 unspecified atom stereocenters. The van der Waals surface area contributed by atoms with Crippen LogP contribution in [0.4, 0.5) is 11.4 Å². The molecule has 1 heterocycles. The largest absolute Gasteiger partial charge is 0.508 e. The van der Waals surface area contributed by atoms with E-state index >= 15 is 0 Å². The van der Waals surface area contributed by atoms with Crippen molar-refractivity contribution in [2.75, 3.05) is 4.90 Å². The number of non-ortho nitro benzene ring substituents is 1. The summed E-state index contributed by atoms with van der Waals surface area (Å²) in [5.74, 6) is -2.34. The Balaban J connectivity index is 1.90. The number of rotatable bonds is 4. The van der Waals surface area contributed by atoms with Crippen molar-refractivity contribution in [1.82, 2.24) is 0 Å². The highest BCUT2D eigenvalue weighted by atomic mass is 16.6. The number of amides is 1. The Morgan fingerprint density at radius 2 is 1.58 bits per heavy atom. The SMILES string of the molecule is N#Cc1ccc(N2C(=O)C(=O)/C(=C(\O)c3ccc([N+](=O)[O-])cc3)C2c2ccc(O)cc2)cc1. The Labute approximate surface area is 187 Å². The number of nitrogens with zero attached hydrogens (tertiary/aromatic N) is 3. The van der Waals surface area contributed by atoms with E-state index in [2.05, 4.69) is 0 Å². The lowest BCUT2D eigenvalue weighted by Gasteiger charge is -2.25. The number of carbonyl (C=O) groups excluding carboxylic acids is 2. The summed E-state index contributed by atoms with van der Waals surface area (Å²) in [6.45, 7) is 0. The van der Waals surface area contributed by atoms with Crippen molar-refractivity contribution in [3.63, 3.8) is 0 Å². The van der Waals surface area contributed by atoms with Gasteiger partial charge in [0.15, 0.2) is 0 Å². The van der Waals surface area contributed by atoms with Gasteiger partial charge in [0, 0.05) is 23.4 Å². The minimum absolute atomic E-state index is 0.0237. The quantitative estimate of drug-likeness (QED) is 0.206. The number of aliphatic hydroxyl groups excluding tert-OH is 1. The Morgan fingerprint density at radius 1 is 0.970 bits per heavy atom. The molecule has 162 valence electrons. The Bertz CT molecular complexity index is 1340. The van der Waals surface area contributed by atoms with Crippen molar-refractivity contribution in [2.24, 2.45) is 0 Å². The second-order valence-corrected chi connectivity index (χ2v) is 7.22. The van der Waals surface area contributed by atoms with Crippen LogP contribution in [0.2, 0.25) is 0 Å². The summed E-state index contributed by atoms with van der Waals surface area (Å²) in [6.07, 6.45) is 0. The average Bonchev–Trinajstić information content (AvgIpc) is 3.09. The molecule has 4 rings (SSSR count). The fourth-order valence-electron chi connectivity index (χ4n) is 3.66. The monoisotopic (exact) mass is 441 g/mol. The summed E-state index contributed by atoms with van der Waals surface area (Å²) < 4.78 is 0. The van der Waals surface area contributed by atoms with Gasteiger partial charge in [0.25, 0.3) is 17.4 Å². The highest BCUT2D eigenvalue weighted by Gasteiger charge is 2.47. The maximum Gasteiger partial charge on any atom is 0.300 e. The third kappa shape index (κ3) is 3.77. The van der Waals surface area contributed by atoms with Gasteiger partial charge in [-0.05, 0) is 54.1 Å². The number of aliphatic hydroxyl groups is 1. The molecule has 0 spiro atoms. The van der Waals surface area contributed by atoms with Crippen LogP contribution in [-0.4, -0.2) is 26.8 Å². The molecule has 1 aliphatic heterocycles. The zero-order valence-corrected chi connectivity index (χ0v) is 16.9. The standard InChI is InChI=1S/C24H15N3O6/c25-13-14-1-7-17(8-2-14)26-21(15-5-11-19(28)12-6-15)20(23(30)24(26)31)22(29)16-3-9-18(10-4-16)27(32)33/h1-12,21,28-29H/b22-20-. The first-order chi connectivity index (χ1) is 15.8. The molecule has 3 aromatic carbocycles. The number of nitro groups is 1. The number of ketones is 1. The number of hydrogen-bond acceptors (Lipinski definition) is 7. The van der Waals surface area contributed by atoms with Crippen LogP contribution in [0.25, 0.3) is 5.76 Å². The van der Waals surface area contributed by atoms with Gasteiger partial charge >= 0.3 is 0 Å². The van der Waals surface area contributed by atoms with Crippen LogP contribution < -0.4 is 4.90 Å². The van der Waals surface area contributed by atoms with Crippen molar-refractivity contribution in [1.29, 1.82) is 5.26 Å². The molecule has 33 heavy (non-hydrogen) atoms. The summed E-state index contributed by atoms with van der Waals surface area (Å²) in [5.41, 5.74) is 0.866. The normalized spacial score (nSPS) is 17.1. The van der Waals surface area contributed by atoms with Crippen LogP contribution in [0.15, 0.2) is 78.4 Å². The molecule has 2 N–H and O–H groups in total. The van der Waals surface area contributed by atoms with Crippen molar-refractivity contribution in [3.8, 4) is 11.8 Å². The van der Waals surface area contributed by atoms with E-state index < -0.39 is 28.4 Å². The van der Waals surface area contributed by atoms with Gasteiger partial charge in [0.1, 0.15) is 11.5 Å². The molecule has 0 saturated carbocycles. The maximum atomic E-state index is 13.0. The van der Waals surface area contributed by atoms with E-state index in [1.165, 1.54) is 77.7 Å². The summed E-state index contributed by atoms with van der Waals surface area (Å²) >= 11 is 0. The molecule has 0 aliphatic carbocycles. The predicted octanol–water partition coefficient (Wildman–Crippen LogP) is 3.80. The zero-order chi connectivity index (χ0) is 23.7. The van der Waals surface area contributed by atoms with E-state index in [-0.39, 0.29) is 22.6 Å². The van der Waals surface area contributed by atoms with Crippen molar-refractivity contribution in [2.45, 2.75) is 6.04 Å². The van der Waals surface area contributed by atoms with Gasteiger partial charge in [0.05, 0.1) is 28.2 Å². The Kier molecular flexibility index (Phi) is 5.34. The molecule has 0 aromatic heterocycles. The first-order valence-corrected chi connectivity index (χ1v) is 9.66. The first kappa shape index (κ1) is 21.3. The number of benzene rings is 3. The number of phenolic OH excluding ortho intramolecular Hbond substituents is 1. The summed E-state index contributed by atoms with van der Waals surface area (Å²) in [6, 6.07) is 17.7. The molecule has 0 radical (unpaired) electrons. The second kappa shape index (κ2) is 8.28. The minimum Gasteiger partial charge on any atom is -0.508 e. The zero-order valence-electron chi connectivity index (χ0n) is 16.9. The van der Waals surface area contributed by atoms with Crippen molar-refractivity contribution in [3.05, 3.63) is 105 Å². The molecule has 9 nitrogen and oxygen atoms in total. The highest BCUT2D eigenvalue weighted by Crippen LogP contribution is 2.42. The van der Waals surface area contributed by atoms with Gasteiger partial charge in [-0.2, -0.15) is 5.26 Å². The van der Waals surface area contributed by atoms with Crippen molar-refractivity contribution < 1.29 is 24.7 Å². The Morgan fingerprint density at radius 3 is 2.12 bits per heavy atom. The van der Waals surface area contributed by atoms with Gasteiger partial charge in [-0.25, -0.2) is 0 Å². The van der Waals surface area contributed by atoms with Crippen LogP contribution in [0.3, 0.4) is 0 Å². The number of Topliss-reactive ketones (excluding diaryl/α,β-unsaturated/α-hetero) is 1. The predicted molar refractivity (Wildman–Crippen MR) is 117 cm³/mol. The van der Waals surface area contributed by atoms with Crippen LogP contribution in [-0.2, 0) is 9.59 Å². The van der Waals surface area contributed by atoms with E-state index in [4.69, 9.17) is 5.26 Å². The number of phenols is 1. The van der Waals surface area contributed by atoms with E-state index in [0.717, 1.165) is 0 Å². The van der Waals surface area contributed by atoms with Crippen LogP contribution in [0.5, 0.6) is 5.75 Å². The number of nitro benzene ring substituents is 1. The average molecular weight is 441 g/mol. The molecule has 9 heteroatoms. The minimum atomic E-state index is -1.03. The van der Waals surface area contributed by atoms with Crippen LogP contribution in [0.1, 0.15) is 22.7 Å². The number of carbonyl (C=O) groups is 2. The molecular formula is C24H15N3O6. The van der Waals surface area contributed by atoms with Gasteiger partial charge in [-0.1, -0.05) is 12.1 Å². The van der Waals surface area contributed by atoms with Crippen LogP contribution >= 0.6 is 0 Å². The molecule has 1 saturated heterocycles. The molecule has 0 bridgehead atoms. The number of nitriles is 1. The lowest BCUT2D eigenvalue weighted by Crippen LogP contribution is -2.29.